The van der Waals surface area contributed by atoms with E-state index in [0.717, 1.165) is 0 Å². The average molecular weight is 234 g/mol. The van der Waals surface area contributed by atoms with Crippen LogP contribution in [-0.4, -0.2) is 15.1 Å². The molecule has 0 bridgehead atoms. The Morgan fingerprint density at radius 3 is 3.00 bits per heavy atom. The van der Waals surface area contributed by atoms with E-state index >= 15 is 0 Å². The van der Waals surface area contributed by atoms with Gasteiger partial charge >= 0.3 is 0 Å². The minimum Gasteiger partial charge on any atom is -0.367 e. The lowest BCUT2D eigenvalue weighted by Gasteiger charge is -2.16. The Kier molecular flexibility index (Phi) is 2.81. The number of nitrogens with two attached hydrogens (primary N) is 1. The van der Waals surface area contributed by atoms with Gasteiger partial charge in [0.25, 0.3) is 5.89 Å². The van der Waals surface area contributed by atoms with Crippen molar-refractivity contribution in [1.82, 2.24) is 15.1 Å². The molecule has 0 fully saturated rings. The molecule has 6 heteroatoms. The van der Waals surface area contributed by atoms with Crippen LogP contribution >= 0.6 is 0 Å². The van der Waals surface area contributed by atoms with Crippen molar-refractivity contribution in [3.05, 3.63) is 34.5 Å². The van der Waals surface area contributed by atoms with Crippen LogP contribution in [0, 0.1) is 0 Å². The topological polar surface area (TPSA) is 97.8 Å². The maximum Gasteiger partial charge on any atom is 0.263 e. The summed E-state index contributed by atoms with van der Waals surface area (Å²) in [6.07, 6.45) is 3.75. The summed E-state index contributed by atoms with van der Waals surface area (Å²) in [7, 11) is 0. The summed E-state index contributed by atoms with van der Waals surface area (Å²) >= 11 is 0. The van der Waals surface area contributed by atoms with Crippen molar-refractivity contribution in [1.29, 1.82) is 0 Å². The normalized spacial score (nSPS) is 14.5. The Balaban J connectivity index is 2.44. The molecule has 0 aromatic carbocycles. The molecule has 1 unspecified atom stereocenters. The van der Waals surface area contributed by atoms with Crippen LogP contribution in [0.15, 0.2) is 27.8 Å². The molecule has 0 saturated carbocycles. The summed E-state index contributed by atoms with van der Waals surface area (Å²) in [6, 6.07) is 1.40. The third kappa shape index (κ3) is 2.12. The number of H-pyrrole nitrogens is 1. The Morgan fingerprint density at radius 1 is 1.59 bits per heavy atom. The van der Waals surface area contributed by atoms with Crippen LogP contribution in [0.5, 0.6) is 0 Å². The first-order valence-corrected chi connectivity index (χ1v) is 5.35. The minimum absolute atomic E-state index is 0.172. The van der Waals surface area contributed by atoms with E-state index in [1.165, 1.54) is 12.3 Å². The first-order chi connectivity index (χ1) is 8.04. The van der Waals surface area contributed by atoms with E-state index in [1.807, 2.05) is 13.8 Å². The summed E-state index contributed by atoms with van der Waals surface area (Å²) in [4.78, 5) is 18.5. The lowest BCUT2D eigenvalue weighted by molar-refractivity contribution is 0.378. The second-order valence-electron chi connectivity index (χ2n) is 4.12. The van der Waals surface area contributed by atoms with Gasteiger partial charge in [-0.2, -0.15) is 4.98 Å². The first kappa shape index (κ1) is 11.5. The lowest BCUT2D eigenvalue weighted by atomic mass is 10.0. The van der Waals surface area contributed by atoms with Crippen molar-refractivity contribution in [2.75, 3.05) is 0 Å². The van der Waals surface area contributed by atoms with Crippen LogP contribution in [0.1, 0.15) is 26.1 Å². The molecule has 3 N–H and O–H groups in total. The Morgan fingerprint density at radius 2 is 2.35 bits per heavy atom. The van der Waals surface area contributed by atoms with Crippen molar-refractivity contribution in [2.45, 2.75) is 25.8 Å². The first-order valence-electron chi connectivity index (χ1n) is 5.35. The third-order valence-corrected chi connectivity index (χ3v) is 2.73. The van der Waals surface area contributed by atoms with Gasteiger partial charge in [-0.25, -0.2) is 0 Å². The van der Waals surface area contributed by atoms with Crippen LogP contribution in [0.25, 0.3) is 11.5 Å². The SMILES string of the molecule is CCC(C)(N)c1noc(-c2c[nH]ccc2=O)n1. The van der Waals surface area contributed by atoms with Crippen LogP contribution in [0.2, 0.25) is 0 Å². The summed E-state index contributed by atoms with van der Waals surface area (Å²) in [5, 5.41) is 3.81. The van der Waals surface area contributed by atoms with Gasteiger partial charge in [0.05, 0.1) is 5.54 Å². The Hall–Kier alpha value is -1.95. The molecule has 2 heterocycles. The molecular weight excluding hydrogens is 220 g/mol. The number of pyridine rings is 1. The Bertz CT molecular complexity index is 571. The van der Waals surface area contributed by atoms with E-state index < -0.39 is 5.54 Å². The molecule has 0 spiro atoms. The lowest BCUT2D eigenvalue weighted by Crippen LogP contribution is -2.33. The zero-order valence-corrected chi connectivity index (χ0v) is 9.73. The van der Waals surface area contributed by atoms with Gasteiger partial charge in [0.15, 0.2) is 11.3 Å². The quantitative estimate of drug-likeness (QED) is 0.825. The van der Waals surface area contributed by atoms with Gasteiger partial charge in [-0.05, 0) is 13.3 Å². The molecule has 90 valence electrons. The van der Waals surface area contributed by atoms with Gasteiger partial charge in [0.2, 0.25) is 0 Å². The second kappa shape index (κ2) is 4.14. The third-order valence-electron chi connectivity index (χ3n) is 2.73. The highest BCUT2D eigenvalue weighted by Gasteiger charge is 2.26. The largest absolute Gasteiger partial charge is 0.367 e. The van der Waals surface area contributed by atoms with Gasteiger partial charge in [-0.1, -0.05) is 12.1 Å². The predicted molar refractivity (Wildman–Crippen MR) is 62.2 cm³/mol. The van der Waals surface area contributed by atoms with Crippen molar-refractivity contribution in [3.8, 4) is 11.5 Å². The maximum absolute atomic E-state index is 11.6. The summed E-state index contributed by atoms with van der Waals surface area (Å²) in [5.41, 5.74) is 5.52. The summed E-state index contributed by atoms with van der Waals surface area (Å²) in [5.74, 6) is 0.588. The highest BCUT2D eigenvalue weighted by molar-refractivity contribution is 5.50. The monoisotopic (exact) mass is 234 g/mol. The van der Waals surface area contributed by atoms with E-state index in [4.69, 9.17) is 10.3 Å². The number of aromatic amines is 1. The molecule has 0 radical (unpaired) electrons. The highest BCUT2D eigenvalue weighted by Crippen LogP contribution is 2.20. The molecular formula is C11H14N4O2. The number of rotatable bonds is 3. The van der Waals surface area contributed by atoms with Crippen LogP contribution in [-0.2, 0) is 5.54 Å². The van der Waals surface area contributed by atoms with Gasteiger partial charge in [0, 0.05) is 18.5 Å². The van der Waals surface area contributed by atoms with Crippen LogP contribution < -0.4 is 11.2 Å². The van der Waals surface area contributed by atoms with E-state index in [-0.39, 0.29) is 11.3 Å². The van der Waals surface area contributed by atoms with E-state index in [0.29, 0.717) is 17.8 Å². The van der Waals surface area contributed by atoms with Gasteiger partial charge in [-0.15, -0.1) is 0 Å². The molecule has 2 aromatic heterocycles. The Labute approximate surface area is 97.9 Å². The predicted octanol–water partition coefficient (Wildman–Crippen LogP) is 1.01. The number of hydrogen-bond donors (Lipinski definition) is 2. The van der Waals surface area contributed by atoms with Gasteiger partial charge in [-0.3, -0.25) is 4.79 Å². The molecule has 2 rings (SSSR count). The smallest absolute Gasteiger partial charge is 0.263 e. The van der Waals surface area contributed by atoms with Crippen molar-refractivity contribution < 1.29 is 4.52 Å². The fourth-order valence-corrected chi connectivity index (χ4v) is 1.31. The van der Waals surface area contributed by atoms with E-state index in [9.17, 15) is 4.79 Å². The number of hydrogen-bond acceptors (Lipinski definition) is 5. The second-order valence-corrected chi connectivity index (χ2v) is 4.12. The number of nitrogens with one attached hydrogen (secondary N) is 1. The van der Waals surface area contributed by atoms with E-state index in [1.54, 1.807) is 6.20 Å². The standard InChI is InChI=1S/C11H14N4O2/c1-3-11(2,12)10-14-9(17-15-10)7-6-13-5-4-8(7)16/h4-6H,3,12H2,1-2H3,(H,13,16). The fourth-order valence-electron chi connectivity index (χ4n) is 1.31. The summed E-state index contributed by atoms with van der Waals surface area (Å²) in [6.45, 7) is 3.75. The summed E-state index contributed by atoms with van der Waals surface area (Å²) < 4.78 is 5.06. The zero-order chi connectivity index (χ0) is 12.5. The number of nitrogens with zero attached hydrogens (tertiary/aromatic N) is 2. The molecule has 0 aliphatic carbocycles. The van der Waals surface area contributed by atoms with Crippen molar-refractivity contribution in [3.63, 3.8) is 0 Å². The van der Waals surface area contributed by atoms with Crippen LogP contribution in [0.4, 0.5) is 0 Å². The molecule has 0 aliphatic rings. The number of aromatic nitrogens is 3. The molecule has 2 aromatic rings. The molecule has 0 aliphatic heterocycles. The molecule has 1 atom stereocenters. The maximum atomic E-state index is 11.6. The molecule has 6 nitrogen and oxygen atoms in total. The molecule has 0 saturated heterocycles. The average Bonchev–Trinajstić information content (AvgIpc) is 2.79. The van der Waals surface area contributed by atoms with Gasteiger partial charge in [0.1, 0.15) is 5.56 Å². The zero-order valence-electron chi connectivity index (χ0n) is 9.73. The minimum atomic E-state index is -0.650. The van der Waals surface area contributed by atoms with Crippen molar-refractivity contribution >= 4 is 0 Å². The van der Waals surface area contributed by atoms with Crippen molar-refractivity contribution in [2.24, 2.45) is 5.73 Å². The fraction of sp³-hybridized carbons (Fsp3) is 0.364. The van der Waals surface area contributed by atoms with E-state index in [2.05, 4.69) is 15.1 Å². The molecule has 17 heavy (non-hydrogen) atoms. The molecule has 0 amide bonds. The van der Waals surface area contributed by atoms with Crippen LogP contribution in [0.3, 0.4) is 0 Å². The highest BCUT2D eigenvalue weighted by atomic mass is 16.5. The van der Waals surface area contributed by atoms with Gasteiger partial charge < -0.3 is 15.2 Å².